The van der Waals surface area contributed by atoms with E-state index >= 15 is 0 Å². The van der Waals surface area contributed by atoms with Crippen LogP contribution in [0.3, 0.4) is 0 Å². The Bertz CT molecular complexity index is 815. The lowest BCUT2D eigenvalue weighted by molar-refractivity contribution is -0.384. The number of non-ortho nitro benzene ring substituents is 1. The van der Waals surface area contributed by atoms with Crippen LogP contribution in [0.15, 0.2) is 57.5 Å². The van der Waals surface area contributed by atoms with Crippen LogP contribution in [0, 0.1) is 10.1 Å². The van der Waals surface area contributed by atoms with Crippen LogP contribution in [0.2, 0.25) is 0 Å². The van der Waals surface area contributed by atoms with E-state index in [1.807, 2.05) is 24.3 Å². The number of aromatic nitrogens is 2. The third kappa shape index (κ3) is 3.72. The van der Waals surface area contributed by atoms with Gasteiger partial charge < -0.3 is 9.26 Å². The van der Waals surface area contributed by atoms with Crippen molar-refractivity contribution in [2.75, 3.05) is 0 Å². The smallest absolute Gasteiger partial charge is 0.269 e. The molecule has 3 rings (SSSR count). The molecule has 0 aliphatic heterocycles. The maximum absolute atomic E-state index is 10.6. The molecule has 8 heteroatoms. The van der Waals surface area contributed by atoms with Gasteiger partial charge in [0.1, 0.15) is 5.75 Å². The summed E-state index contributed by atoms with van der Waals surface area (Å²) in [6, 6.07) is 13.3. The number of nitro benzene ring substituents is 1. The van der Waals surface area contributed by atoms with Crippen molar-refractivity contribution in [3.8, 4) is 17.1 Å². The van der Waals surface area contributed by atoms with Crippen molar-refractivity contribution in [2.45, 2.75) is 6.61 Å². The molecule has 0 aliphatic rings. The highest BCUT2D eigenvalue weighted by atomic mass is 79.9. The fourth-order valence-corrected chi connectivity index (χ4v) is 2.10. The van der Waals surface area contributed by atoms with Crippen LogP contribution in [0.25, 0.3) is 11.4 Å². The van der Waals surface area contributed by atoms with E-state index in [0.29, 0.717) is 23.0 Å². The normalized spacial score (nSPS) is 10.5. The number of ether oxygens (including phenoxy) is 1. The van der Waals surface area contributed by atoms with Crippen molar-refractivity contribution in [3.63, 3.8) is 0 Å². The molecular weight excluding hydrogens is 366 g/mol. The van der Waals surface area contributed by atoms with Crippen LogP contribution in [-0.2, 0) is 6.61 Å². The molecule has 0 aliphatic carbocycles. The summed E-state index contributed by atoms with van der Waals surface area (Å²) in [7, 11) is 0. The second kappa shape index (κ2) is 6.57. The minimum absolute atomic E-state index is 0.0102. The second-order valence-electron chi connectivity index (χ2n) is 4.56. The van der Waals surface area contributed by atoms with Gasteiger partial charge in [-0.1, -0.05) is 21.1 Å². The number of rotatable bonds is 5. The van der Waals surface area contributed by atoms with Crippen LogP contribution in [0.5, 0.6) is 5.75 Å². The molecule has 0 spiro atoms. The fraction of sp³-hybridized carbons (Fsp3) is 0.0667. The van der Waals surface area contributed by atoms with Gasteiger partial charge in [0.05, 0.1) is 4.92 Å². The first kappa shape index (κ1) is 15.2. The third-order valence-electron chi connectivity index (χ3n) is 2.98. The summed E-state index contributed by atoms with van der Waals surface area (Å²) < 4.78 is 11.6. The third-order valence-corrected chi connectivity index (χ3v) is 3.51. The number of halogens is 1. The van der Waals surface area contributed by atoms with Crippen molar-refractivity contribution in [3.05, 3.63) is 69.0 Å². The van der Waals surface area contributed by atoms with Gasteiger partial charge in [-0.25, -0.2) is 0 Å². The summed E-state index contributed by atoms with van der Waals surface area (Å²) in [4.78, 5) is 14.4. The molecule has 3 aromatic rings. The highest BCUT2D eigenvalue weighted by molar-refractivity contribution is 9.10. The number of nitro groups is 1. The van der Waals surface area contributed by atoms with E-state index in [9.17, 15) is 10.1 Å². The predicted molar refractivity (Wildman–Crippen MR) is 84.9 cm³/mol. The summed E-state index contributed by atoms with van der Waals surface area (Å²) >= 11 is 3.35. The van der Waals surface area contributed by atoms with Gasteiger partial charge in [-0.05, 0) is 36.4 Å². The maximum atomic E-state index is 10.6. The molecular formula is C15H10BrN3O4. The Balaban J connectivity index is 1.67. The van der Waals surface area contributed by atoms with Gasteiger partial charge in [-0.15, -0.1) is 0 Å². The number of benzene rings is 2. The zero-order valence-electron chi connectivity index (χ0n) is 11.7. The molecule has 0 radical (unpaired) electrons. The van der Waals surface area contributed by atoms with Gasteiger partial charge in [0.15, 0.2) is 6.61 Å². The Morgan fingerprint density at radius 2 is 1.83 bits per heavy atom. The molecule has 7 nitrogen and oxygen atoms in total. The van der Waals surface area contributed by atoms with E-state index in [0.717, 1.165) is 4.47 Å². The van der Waals surface area contributed by atoms with Gasteiger partial charge in [0.2, 0.25) is 5.82 Å². The highest BCUT2D eigenvalue weighted by Crippen LogP contribution is 2.21. The minimum atomic E-state index is -0.461. The minimum Gasteiger partial charge on any atom is -0.484 e. The summed E-state index contributed by atoms with van der Waals surface area (Å²) in [6.07, 6.45) is 0. The Kier molecular flexibility index (Phi) is 4.33. The van der Waals surface area contributed by atoms with E-state index in [-0.39, 0.29) is 12.3 Å². The lowest BCUT2D eigenvalue weighted by Crippen LogP contribution is -1.95. The Morgan fingerprint density at radius 3 is 2.48 bits per heavy atom. The Labute approximate surface area is 139 Å². The number of nitrogens with zero attached hydrogens (tertiary/aromatic N) is 3. The first-order valence-corrected chi connectivity index (χ1v) is 7.37. The largest absolute Gasteiger partial charge is 0.484 e. The van der Waals surface area contributed by atoms with Gasteiger partial charge in [-0.3, -0.25) is 10.1 Å². The van der Waals surface area contributed by atoms with Gasteiger partial charge in [0.25, 0.3) is 11.6 Å². The van der Waals surface area contributed by atoms with Crippen LogP contribution < -0.4 is 4.74 Å². The van der Waals surface area contributed by atoms with E-state index in [4.69, 9.17) is 9.26 Å². The monoisotopic (exact) mass is 375 g/mol. The summed E-state index contributed by atoms with van der Waals surface area (Å²) in [5.41, 5.74) is 0.644. The zero-order valence-corrected chi connectivity index (χ0v) is 13.3. The van der Waals surface area contributed by atoms with Crippen molar-refractivity contribution in [2.24, 2.45) is 0 Å². The SMILES string of the molecule is O=[N+]([O-])c1ccc(-c2noc(COc3ccc(Br)cc3)n2)cc1. The standard InChI is InChI=1S/C15H10BrN3O4/c16-11-3-7-13(8-4-11)22-9-14-17-15(18-23-14)10-1-5-12(6-2-10)19(20)21/h1-8H,9H2. The van der Waals surface area contributed by atoms with Crippen molar-refractivity contribution in [1.29, 1.82) is 0 Å². The molecule has 1 aromatic heterocycles. The molecule has 23 heavy (non-hydrogen) atoms. The fourth-order valence-electron chi connectivity index (χ4n) is 1.84. The maximum Gasteiger partial charge on any atom is 0.269 e. The molecule has 2 aromatic carbocycles. The highest BCUT2D eigenvalue weighted by Gasteiger charge is 2.11. The predicted octanol–water partition coefficient (Wildman–Crippen LogP) is 3.99. The molecule has 0 fully saturated rings. The molecule has 1 heterocycles. The van der Waals surface area contributed by atoms with E-state index in [1.54, 1.807) is 12.1 Å². The molecule has 0 atom stereocenters. The van der Waals surface area contributed by atoms with E-state index in [2.05, 4.69) is 26.1 Å². The molecule has 0 N–H and O–H groups in total. The molecule has 0 amide bonds. The zero-order chi connectivity index (χ0) is 16.2. The molecule has 0 saturated carbocycles. The van der Waals surface area contributed by atoms with Crippen LogP contribution in [-0.4, -0.2) is 15.1 Å². The van der Waals surface area contributed by atoms with Crippen LogP contribution in [0.4, 0.5) is 5.69 Å². The number of hydrogen-bond acceptors (Lipinski definition) is 6. The first-order valence-electron chi connectivity index (χ1n) is 6.57. The molecule has 0 saturated heterocycles. The number of hydrogen-bond donors (Lipinski definition) is 0. The van der Waals surface area contributed by atoms with Crippen LogP contribution >= 0.6 is 15.9 Å². The summed E-state index contributed by atoms with van der Waals surface area (Å²) in [6.45, 7) is 0.140. The Hall–Kier alpha value is -2.74. The quantitative estimate of drug-likeness (QED) is 0.494. The van der Waals surface area contributed by atoms with Crippen molar-refractivity contribution >= 4 is 21.6 Å². The summed E-state index contributed by atoms with van der Waals surface area (Å²) in [5, 5.41) is 14.5. The second-order valence-corrected chi connectivity index (χ2v) is 5.47. The van der Waals surface area contributed by atoms with E-state index < -0.39 is 4.92 Å². The lowest BCUT2D eigenvalue weighted by atomic mass is 10.2. The van der Waals surface area contributed by atoms with Crippen LogP contribution in [0.1, 0.15) is 5.89 Å². The van der Waals surface area contributed by atoms with Gasteiger partial charge >= 0.3 is 0 Å². The van der Waals surface area contributed by atoms with Crippen molar-refractivity contribution in [1.82, 2.24) is 10.1 Å². The van der Waals surface area contributed by atoms with Gasteiger partial charge in [0, 0.05) is 22.2 Å². The first-order chi connectivity index (χ1) is 11.1. The average molecular weight is 376 g/mol. The molecule has 116 valence electrons. The summed E-state index contributed by atoms with van der Waals surface area (Å²) in [5.74, 6) is 1.36. The van der Waals surface area contributed by atoms with Gasteiger partial charge in [-0.2, -0.15) is 4.98 Å². The Morgan fingerprint density at radius 1 is 1.13 bits per heavy atom. The van der Waals surface area contributed by atoms with Crippen molar-refractivity contribution < 1.29 is 14.2 Å². The van der Waals surface area contributed by atoms with E-state index in [1.165, 1.54) is 12.1 Å². The molecule has 0 unspecified atom stereocenters. The average Bonchev–Trinajstić information content (AvgIpc) is 3.03. The lowest BCUT2D eigenvalue weighted by Gasteiger charge is -2.02. The molecule has 0 bridgehead atoms. The topological polar surface area (TPSA) is 91.3 Å².